The summed E-state index contributed by atoms with van der Waals surface area (Å²) in [5.41, 5.74) is 8.30. The third-order valence-electron chi connectivity index (χ3n) is 2.48. The average molecular weight is 285 g/mol. The molecule has 1 aromatic carbocycles. The van der Waals surface area contributed by atoms with Crippen LogP contribution in [0.15, 0.2) is 22.7 Å². The van der Waals surface area contributed by atoms with Gasteiger partial charge in [0.05, 0.1) is 0 Å². The van der Waals surface area contributed by atoms with Crippen LogP contribution in [-0.4, -0.2) is 12.1 Å². The molecule has 0 heterocycles. The van der Waals surface area contributed by atoms with Crippen molar-refractivity contribution in [3.05, 3.63) is 28.2 Å². The van der Waals surface area contributed by atoms with Gasteiger partial charge in [0, 0.05) is 22.2 Å². The largest absolute Gasteiger partial charge is 0.385 e. The molecule has 0 unspecified atom stereocenters. The minimum atomic E-state index is -0.0582. The second kappa shape index (κ2) is 5.69. The molecule has 0 atom stereocenters. The van der Waals surface area contributed by atoms with Gasteiger partial charge in [0.1, 0.15) is 0 Å². The van der Waals surface area contributed by atoms with Crippen LogP contribution in [0.25, 0.3) is 0 Å². The summed E-state index contributed by atoms with van der Waals surface area (Å²) in [6.07, 6.45) is 2.13. The monoisotopic (exact) mass is 284 g/mol. The van der Waals surface area contributed by atoms with E-state index in [1.165, 1.54) is 11.3 Å². The Labute approximate surface area is 107 Å². The molecular weight excluding hydrogens is 264 g/mol. The lowest BCUT2D eigenvalue weighted by Crippen LogP contribution is -2.32. The van der Waals surface area contributed by atoms with Gasteiger partial charge in [-0.1, -0.05) is 15.9 Å². The predicted octanol–water partition coefficient (Wildman–Crippen LogP) is 3.69. The Morgan fingerprint density at radius 3 is 2.62 bits per heavy atom. The number of hydrogen-bond acceptors (Lipinski definition) is 2. The van der Waals surface area contributed by atoms with E-state index in [1.807, 2.05) is 0 Å². The number of halogens is 1. The van der Waals surface area contributed by atoms with Crippen LogP contribution in [0.1, 0.15) is 32.3 Å². The van der Waals surface area contributed by atoms with Crippen LogP contribution in [0.2, 0.25) is 0 Å². The first-order valence-corrected chi connectivity index (χ1v) is 6.47. The van der Waals surface area contributed by atoms with Gasteiger partial charge >= 0.3 is 0 Å². The van der Waals surface area contributed by atoms with E-state index in [1.54, 1.807) is 0 Å². The number of hydrogen-bond donors (Lipinski definition) is 2. The minimum Gasteiger partial charge on any atom is -0.385 e. The van der Waals surface area contributed by atoms with E-state index in [0.717, 1.165) is 23.9 Å². The fraction of sp³-hybridized carbons (Fsp3) is 0.538. The topological polar surface area (TPSA) is 38.0 Å². The van der Waals surface area contributed by atoms with Gasteiger partial charge in [-0.2, -0.15) is 0 Å². The Hall–Kier alpha value is -0.540. The van der Waals surface area contributed by atoms with E-state index in [-0.39, 0.29) is 5.54 Å². The molecule has 1 rings (SSSR count). The third kappa shape index (κ3) is 4.99. The van der Waals surface area contributed by atoms with E-state index >= 15 is 0 Å². The molecule has 0 bridgehead atoms. The smallest absolute Gasteiger partial charge is 0.0343 e. The SMILES string of the molecule is Cc1cc(NCCCC(C)(C)N)ccc1Br. The first kappa shape index (κ1) is 13.5. The fourth-order valence-corrected chi connectivity index (χ4v) is 1.78. The van der Waals surface area contributed by atoms with Crippen LogP contribution in [0, 0.1) is 6.92 Å². The molecule has 0 aromatic heterocycles. The fourth-order valence-electron chi connectivity index (χ4n) is 1.53. The van der Waals surface area contributed by atoms with E-state index in [9.17, 15) is 0 Å². The number of rotatable bonds is 5. The molecule has 90 valence electrons. The Morgan fingerprint density at radius 2 is 2.06 bits per heavy atom. The third-order valence-corrected chi connectivity index (χ3v) is 3.37. The van der Waals surface area contributed by atoms with Crippen LogP contribution in [-0.2, 0) is 0 Å². The Balaban J connectivity index is 2.35. The van der Waals surface area contributed by atoms with Crippen LogP contribution in [0.4, 0.5) is 5.69 Å². The van der Waals surface area contributed by atoms with Crippen molar-refractivity contribution in [2.24, 2.45) is 5.73 Å². The molecule has 3 N–H and O–H groups in total. The van der Waals surface area contributed by atoms with Crippen LogP contribution in [0.5, 0.6) is 0 Å². The molecule has 1 aromatic rings. The maximum absolute atomic E-state index is 5.92. The lowest BCUT2D eigenvalue weighted by molar-refractivity contribution is 0.465. The zero-order chi connectivity index (χ0) is 12.2. The van der Waals surface area contributed by atoms with Crippen LogP contribution in [0.3, 0.4) is 0 Å². The molecule has 0 aliphatic carbocycles. The van der Waals surface area contributed by atoms with Gasteiger partial charge in [-0.3, -0.25) is 0 Å². The molecule has 0 spiro atoms. The standard InChI is InChI=1S/C13H21BrN2/c1-10-9-11(5-6-12(10)14)16-8-4-7-13(2,3)15/h5-6,9,16H,4,7-8,15H2,1-3H3. The highest BCUT2D eigenvalue weighted by Gasteiger charge is 2.08. The molecule has 0 saturated heterocycles. The van der Waals surface area contributed by atoms with Gasteiger partial charge < -0.3 is 11.1 Å². The minimum absolute atomic E-state index is 0.0582. The number of aryl methyl sites for hydroxylation is 1. The molecule has 0 saturated carbocycles. The average Bonchev–Trinajstić information content (AvgIpc) is 2.17. The maximum Gasteiger partial charge on any atom is 0.0343 e. The van der Waals surface area contributed by atoms with Crippen LogP contribution < -0.4 is 11.1 Å². The second-order valence-corrected chi connectivity index (χ2v) is 5.84. The summed E-state index contributed by atoms with van der Waals surface area (Å²) in [7, 11) is 0. The molecule has 0 amide bonds. The van der Waals surface area contributed by atoms with Crippen molar-refractivity contribution in [2.75, 3.05) is 11.9 Å². The highest BCUT2D eigenvalue weighted by Crippen LogP contribution is 2.20. The van der Waals surface area contributed by atoms with E-state index in [2.05, 4.69) is 60.2 Å². The number of nitrogens with one attached hydrogen (secondary N) is 1. The highest BCUT2D eigenvalue weighted by atomic mass is 79.9. The molecule has 0 fully saturated rings. The van der Waals surface area contributed by atoms with Crippen molar-refractivity contribution >= 4 is 21.6 Å². The van der Waals surface area contributed by atoms with Crippen molar-refractivity contribution in [3.8, 4) is 0 Å². The van der Waals surface area contributed by atoms with E-state index < -0.39 is 0 Å². The van der Waals surface area contributed by atoms with Gasteiger partial charge in [-0.05, 0) is 57.4 Å². The first-order chi connectivity index (χ1) is 7.38. The van der Waals surface area contributed by atoms with Crippen molar-refractivity contribution in [3.63, 3.8) is 0 Å². The van der Waals surface area contributed by atoms with Gasteiger partial charge in [0.25, 0.3) is 0 Å². The Bertz CT molecular complexity index is 342. The van der Waals surface area contributed by atoms with Crippen molar-refractivity contribution < 1.29 is 0 Å². The lowest BCUT2D eigenvalue weighted by atomic mass is 10.0. The summed E-state index contributed by atoms with van der Waals surface area (Å²) in [4.78, 5) is 0. The van der Waals surface area contributed by atoms with Gasteiger partial charge in [-0.25, -0.2) is 0 Å². The molecule has 2 nitrogen and oxygen atoms in total. The number of nitrogens with two attached hydrogens (primary N) is 1. The summed E-state index contributed by atoms with van der Waals surface area (Å²) in [5, 5.41) is 3.41. The van der Waals surface area contributed by atoms with E-state index in [0.29, 0.717) is 0 Å². The number of anilines is 1. The Morgan fingerprint density at radius 1 is 1.38 bits per heavy atom. The summed E-state index contributed by atoms with van der Waals surface area (Å²) >= 11 is 3.49. The quantitative estimate of drug-likeness (QED) is 0.810. The van der Waals surface area contributed by atoms with Crippen LogP contribution >= 0.6 is 15.9 Å². The molecule has 3 heteroatoms. The normalized spacial score (nSPS) is 11.6. The molecule has 0 aliphatic heterocycles. The van der Waals surface area contributed by atoms with Crippen molar-refractivity contribution in [2.45, 2.75) is 39.2 Å². The number of benzene rings is 1. The summed E-state index contributed by atoms with van der Waals surface area (Å²) in [6, 6.07) is 6.31. The zero-order valence-corrected chi connectivity index (χ0v) is 11.9. The van der Waals surface area contributed by atoms with Gasteiger partial charge in [0.15, 0.2) is 0 Å². The summed E-state index contributed by atoms with van der Waals surface area (Å²) in [6.45, 7) is 7.20. The highest BCUT2D eigenvalue weighted by molar-refractivity contribution is 9.10. The predicted molar refractivity (Wildman–Crippen MR) is 74.9 cm³/mol. The molecule has 16 heavy (non-hydrogen) atoms. The molecule has 0 aliphatic rings. The summed E-state index contributed by atoms with van der Waals surface area (Å²) < 4.78 is 1.15. The molecule has 0 radical (unpaired) electrons. The van der Waals surface area contributed by atoms with Gasteiger partial charge in [0.2, 0.25) is 0 Å². The summed E-state index contributed by atoms with van der Waals surface area (Å²) in [5.74, 6) is 0. The zero-order valence-electron chi connectivity index (χ0n) is 10.3. The van der Waals surface area contributed by atoms with E-state index in [4.69, 9.17) is 5.73 Å². The first-order valence-electron chi connectivity index (χ1n) is 5.67. The van der Waals surface area contributed by atoms with Crippen molar-refractivity contribution in [1.82, 2.24) is 0 Å². The lowest BCUT2D eigenvalue weighted by Gasteiger charge is -2.18. The second-order valence-electron chi connectivity index (χ2n) is 4.98. The Kier molecular flexibility index (Phi) is 4.81. The van der Waals surface area contributed by atoms with Crippen molar-refractivity contribution in [1.29, 1.82) is 0 Å². The molecular formula is C13H21BrN2. The maximum atomic E-state index is 5.92. The van der Waals surface area contributed by atoms with Gasteiger partial charge in [-0.15, -0.1) is 0 Å².